The van der Waals surface area contributed by atoms with Crippen LogP contribution < -0.4 is 15.6 Å². The summed E-state index contributed by atoms with van der Waals surface area (Å²) in [5.74, 6) is -0.531. The van der Waals surface area contributed by atoms with Gasteiger partial charge in [0.05, 0.1) is 12.1 Å². The van der Waals surface area contributed by atoms with Crippen molar-refractivity contribution in [2.45, 2.75) is 13.1 Å². The molecule has 1 aromatic carbocycles. The normalized spacial score (nSPS) is 11.2. The zero-order valence-corrected chi connectivity index (χ0v) is 12.7. The van der Waals surface area contributed by atoms with Crippen molar-refractivity contribution in [3.63, 3.8) is 0 Å². The molecule has 24 heavy (non-hydrogen) atoms. The van der Waals surface area contributed by atoms with Crippen LogP contribution in [0.3, 0.4) is 0 Å². The number of benzene rings is 1. The van der Waals surface area contributed by atoms with Crippen molar-refractivity contribution in [1.29, 1.82) is 0 Å². The lowest BCUT2D eigenvalue weighted by Gasteiger charge is -2.10. The van der Waals surface area contributed by atoms with Gasteiger partial charge in [0.1, 0.15) is 17.9 Å². The number of aromatic amines is 1. The molecule has 5 nitrogen and oxygen atoms in total. The second-order valence-corrected chi connectivity index (χ2v) is 5.01. The Labute approximate surface area is 135 Å². The third-order valence-electron chi connectivity index (χ3n) is 3.12. The fraction of sp³-hybridized carbons (Fsp3) is 0.250. The highest BCUT2D eigenvalue weighted by Gasteiger charge is 2.30. The molecule has 0 aliphatic carbocycles. The molecule has 0 fully saturated rings. The maximum Gasteiger partial charge on any atom is 0.416 e. The number of rotatable bonds is 5. The highest BCUT2D eigenvalue weighted by molar-refractivity contribution is 5.93. The molecule has 0 aliphatic rings. The number of nitrogens with one attached hydrogen (secondary N) is 2. The molecule has 1 amide bonds. The molecule has 0 radical (unpaired) electrons. The lowest BCUT2D eigenvalue weighted by Crippen LogP contribution is -2.32. The number of pyridine rings is 1. The molecule has 0 bridgehead atoms. The number of hydrogen-bond acceptors (Lipinski definition) is 3. The fourth-order valence-corrected chi connectivity index (χ4v) is 1.94. The van der Waals surface area contributed by atoms with Gasteiger partial charge in [0, 0.05) is 5.69 Å². The summed E-state index contributed by atoms with van der Waals surface area (Å²) in [6.07, 6.45) is -4.44. The van der Waals surface area contributed by atoms with E-state index < -0.39 is 23.2 Å². The van der Waals surface area contributed by atoms with Gasteiger partial charge in [-0.15, -0.1) is 0 Å². The van der Waals surface area contributed by atoms with E-state index in [0.717, 1.165) is 12.1 Å². The van der Waals surface area contributed by atoms with Crippen molar-refractivity contribution < 1.29 is 22.7 Å². The van der Waals surface area contributed by atoms with Crippen LogP contribution in [0.1, 0.15) is 21.6 Å². The fourth-order valence-electron chi connectivity index (χ4n) is 1.94. The minimum atomic E-state index is -4.44. The van der Waals surface area contributed by atoms with E-state index in [1.807, 2.05) is 0 Å². The summed E-state index contributed by atoms with van der Waals surface area (Å²) in [6, 6.07) is 7.45. The van der Waals surface area contributed by atoms with E-state index in [4.69, 9.17) is 4.74 Å². The van der Waals surface area contributed by atoms with Gasteiger partial charge in [-0.2, -0.15) is 13.2 Å². The molecule has 0 saturated heterocycles. The zero-order valence-electron chi connectivity index (χ0n) is 12.7. The summed E-state index contributed by atoms with van der Waals surface area (Å²) < 4.78 is 42.9. The van der Waals surface area contributed by atoms with E-state index in [1.165, 1.54) is 18.2 Å². The number of ether oxygens (including phenoxy) is 1. The number of alkyl halides is 3. The Morgan fingerprint density at radius 2 is 2.00 bits per heavy atom. The third-order valence-corrected chi connectivity index (χ3v) is 3.12. The molecule has 0 spiro atoms. The average Bonchev–Trinajstić information content (AvgIpc) is 2.51. The van der Waals surface area contributed by atoms with E-state index in [1.54, 1.807) is 13.0 Å². The molecular weight excluding hydrogens is 325 g/mol. The van der Waals surface area contributed by atoms with Crippen molar-refractivity contribution in [3.8, 4) is 5.75 Å². The average molecular weight is 340 g/mol. The van der Waals surface area contributed by atoms with Crippen LogP contribution >= 0.6 is 0 Å². The highest BCUT2D eigenvalue weighted by atomic mass is 19.4. The van der Waals surface area contributed by atoms with Crippen LogP contribution in [-0.4, -0.2) is 24.0 Å². The molecule has 2 aromatic rings. The molecule has 0 unspecified atom stereocenters. The summed E-state index contributed by atoms with van der Waals surface area (Å²) in [4.78, 5) is 26.0. The Kier molecular flexibility index (Phi) is 5.28. The van der Waals surface area contributed by atoms with Gasteiger partial charge in [-0.3, -0.25) is 9.59 Å². The SMILES string of the molecule is Cc1ccc(C(=O)NCCOc2cccc(C(F)(F)F)c2)c(=O)[nH]1. The smallest absolute Gasteiger partial charge is 0.416 e. The van der Waals surface area contributed by atoms with Crippen LogP contribution in [-0.2, 0) is 6.18 Å². The minimum Gasteiger partial charge on any atom is -0.492 e. The van der Waals surface area contributed by atoms with Gasteiger partial charge in [0.15, 0.2) is 0 Å². The Hall–Kier alpha value is -2.77. The molecule has 8 heteroatoms. The summed E-state index contributed by atoms with van der Waals surface area (Å²) in [7, 11) is 0. The highest BCUT2D eigenvalue weighted by Crippen LogP contribution is 2.31. The lowest BCUT2D eigenvalue weighted by atomic mass is 10.2. The van der Waals surface area contributed by atoms with E-state index in [-0.39, 0.29) is 24.5 Å². The van der Waals surface area contributed by atoms with Crippen LogP contribution in [0.5, 0.6) is 5.75 Å². The van der Waals surface area contributed by atoms with Gasteiger partial charge in [-0.25, -0.2) is 0 Å². The standard InChI is InChI=1S/C16H15F3N2O3/c1-10-5-6-13(15(23)21-10)14(22)20-7-8-24-12-4-2-3-11(9-12)16(17,18)19/h2-6,9H,7-8H2,1H3,(H,20,22)(H,21,23). The van der Waals surface area contributed by atoms with Crippen molar-refractivity contribution >= 4 is 5.91 Å². The number of hydrogen-bond donors (Lipinski definition) is 2. The first kappa shape index (κ1) is 17.6. The van der Waals surface area contributed by atoms with E-state index >= 15 is 0 Å². The summed E-state index contributed by atoms with van der Waals surface area (Å²) >= 11 is 0. The van der Waals surface area contributed by atoms with Gasteiger partial charge in [0.25, 0.3) is 11.5 Å². The lowest BCUT2D eigenvalue weighted by molar-refractivity contribution is -0.137. The van der Waals surface area contributed by atoms with Gasteiger partial charge in [-0.05, 0) is 37.3 Å². The van der Waals surface area contributed by atoms with Crippen LogP contribution in [0.4, 0.5) is 13.2 Å². The van der Waals surface area contributed by atoms with Gasteiger partial charge >= 0.3 is 6.18 Å². The van der Waals surface area contributed by atoms with Gasteiger partial charge in [0.2, 0.25) is 0 Å². The van der Waals surface area contributed by atoms with Crippen molar-refractivity contribution in [1.82, 2.24) is 10.3 Å². The predicted octanol–water partition coefficient (Wildman–Crippen LogP) is 2.51. The Balaban J connectivity index is 1.87. The van der Waals surface area contributed by atoms with E-state index in [2.05, 4.69) is 10.3 Å². The third kappa shape index (κ3) is 4.61. The second kappa shape index (κ2) is 7.20. The van der Waals surface area contributed by atoms with Crippen LogP contribution in [0.15, 0.2) is 41.2 Å². The molecular formula is C16H15F3N2O3. The van der Waals surface area contributed by atoms with Crippen LogP contribution in [0.25, 0.3) is 0 Å². The predicted molar refractivity (Wildman–Crippen MR) is 81.1 cm³/mol. The molecule has 1 heterocycles. The summed E-state index contributed by atoms with van der Waals surface area (Å²) in [5, 5.41) is 2.47. The van der Waals surface area contributed by atoms with E-state index in [9.17, 15) is 22.8 Å². The Morgan fingerprint density at radius 3 is 2.67 bits per heavy atom. The van der Waals surface area contributed by atoms with Crippen LogP contribution in [0, 0.1) is 6.92 Å². The Morgan fingerprint density at radius 1 is 1.25 bits per heavy atom. The first-order valence-electron chi connectivity index (χ1n) is 7.05. The first-order valence-corrected chi connectivity index (χ1v) is 7.05. The number of aryl methyl sites for hydroxylation is 1. The number of H-pyrrole nitrogens is 1. The number of carbonyl (C=O) groups excluding carboxylic acids is 1. The summed E-state index contributed by atoms with van der Waals surface area (Å²) in [6.45, 7) is 1.70. The molecule has 128 valence electrons. The van der Waals surface area contributed by atoms with Crippen molar-refractivity contribution in [2.24, 2.45) is 0 Å². The topological polar surface area (TPSA) is 71.2 Å². The largest absolute Gasteiger partial charge is 0.492 e. The second-order valence-electron chi connectivity index (χ2n) is 5.01. The Bertz CT molecular complexity index is 785. The first-order chi connectivity index (χ1) is 11.3. The minimum absolute atomic E-state index is 0.0309. The number of carbonyl (C=O) groups is 1. The maximum absolute atomic E-state index is 12.6. The number of halogens is 3. The van der Waals surface area contributed by atoms with Gasteiger partial charge < -0.3 is 15.0 Å². The quantitative estimate of drug-likeness (QED) is 0.822. The number of amides is 1. The summed E-state index contributed by atoms with van der Waals surface area (Å²) in [5.41, 5.74) is -0.731. The molecule has 0 saturated carbocycles. The van der Waals surface area contributed by atoms with Crippen LogP contribution in [0.2, 0.25) is 0 Å². The molecule has 2 N–H and O–H groups in total. The monoisotopic (exact) mass is 340 g/mol. The molecule has 0 aliphatic heterocycles. The molecule has 0 atom stereocenters. The van der Waals surface area contributed by atoms with E-state index in [0.29, 0.717) is 5.69 Å². The zero-order chi connectivity index (χ0) is 17.7. The van der Waals surface area contributed by atoms with Crippen molar-refractivity contribution in [2.75, 3.05) is 13.2 Å². The number of aromatic nitrogens is 1. The molecule has 2 rings (SSSR count). The van der Waals surface area contributed by atoms with Crippen molar-refractivity contribution in [3.05, 3.63) is 63.6 Å². The maximum atomic E-state index is 12.6. The molecule has 1 aromatic heterocycles. The van der Waals surface area contributed by atoms with Gasteiger partial charge in [-0.1, -0.05) is 6.07 Å².